The molecule has 23 heavy (non-hydrogen) atoms. The fourth-order valence-corrected chi connectivity index (χ4v) is 3.88. The molecule has 1 aromatic heterocycles. The van der Waals surface area contributed by atoms with E-state index >= 15 is 0 Å². The molecule has 0 saturated carbocycles. The molecule has 0 aliphatic carbocycles. The van der Waals surface area contributed by atoms with Crippen LogP contribution in [0.5, 0.6) is 0 Å². The van der Waals surface area contributed by atoms with Gasteiger partial charge >= 0.3 is 0 Å². The van der Waals surface area contributed by atoms with Crippen molar-refractivity contribution in [2.24, 2.45) is 0 Å². The highest BCUT2D eigenvalue weighted by Crippen LogP contribution is 2.27. The molecule has 4 rings (SSSR count). The second-order valence-corrected chi connectivity index (χ2v) is 7.35. The number of benzene rings is 1. The predicted octanol–water partition coefficient (Wildman–Crippen LogP) is 2.65. The number of carbonyl (C=O) groups is 1. The summed E-state index contributed by atoms with van der Waals surface area (Å²) in [7, 11) is 0. The lowest BCUT2D eigenvalue weighted by Gasteiger charge is -2.29. The number of fused-ring (bicyclic) bond motifs is 2. The van der Waals surface area contributed by atoms with Gasteiger partial charge in [0, 0.05) is 28.8 Å². The van der Waals surface area contributed by atoms with E-state index in [2.05, 4.69) is 31.7 Å². The molecule has 2 unspecified atom stereocenters. The summed E-state index contributed by atoms with van der Waals surface area (Å²) in [6, 6.07) is 9.27. The van der Waals surface area contributed by atoms with Gasteiger partial charge in [0.1, 0.15) is 0 Å². The maximum Gasteiger partial charge on any atom is 0.254 e. The van der Waals surface area contributed by atoms with Crippen LogP contribution >= 0.6 is 15.9 Å². The number of hydrogen-bond acceptors (Lipinski definition) is 3. The first kappa shape index (κ1) is 14.9. The lowest BCUT2D eigenvalue weighted by atomic mass is 9.99. The van der Waals surface area contributed by atoms with Crippen LogP contribution < -0.4 is 10.6 Å². The van der Waals surface area contributed by atoms with E-state index in [0.717, 1.165) is 23.0 Å². The highest BCUT2D eigenvalue weighted by Gasteiger charge is 2.34. The Labute approximate surface area is 143 Å². The van der Waals surface area contributed by atoms with Gasteiger partial charge in [-0.15, -0.1) is 0 Å². The smallest absolute Gasteiger partial charge is 0.254 e. The number of nitrogens with one attached hydrogen (secondary N) is 2. The van der Waals surface area contributed by atoms with Crippen LogP contribution in [-0.2, 0) is 0 Å². The van der Waals surface area contributed by atoms with Gasteiger partial charge in [0.15, 0.2) is 0 Å². The topological polar surface area (TPSA) is 59.0 Å². The van der Waals surface area contributed by atoms with Crippen LogP contribution in [0.15, 0.2) is 41.1 Å². The predicted molar refractivity (Wildman–Crippen MR) is 91.7 cm³/mol. The van der Waals surface area contributed by atoms with E-state index < -0.39 is 0 Å². The average Bonchev–Trinajstić information content (AvgIpc) is 3.15. The van der Waals surface area contributed by atoms with Gasteiger partial charge in [-0.25, -0.2) is 4.68 Å². The fraction of sp³-hybridized carbons (Fsp3) is 0.412. The third-order valence-corrected chi connectivity index (χ3v) is 5.27. The number of halogens is 1. The highest BCUT2D eigenvalue weighted by molar-refractivity contribution is 9.10. The number of amides is 1. The summed E-state index contributed by atoms with van der Waals surface area (Å²) in [4.78, 5) is 12.5. The summed E-state index contributed by atoms with van der Waals surface area (Å²) in [6.07, 6.45) is 7.95. The standard InChI is InChI=1S/C17H19BrN4O/c18-12-1-5-16(6-2-12)22-10-11(9-19-22)17(23)21-15-7-13-3-4-14(8-15)20-13/h1-2,5-6,9-10,13-15,20H,3-4,7-8H2,(H,21,23). The van der Waals surface area contributed by atoms with Gasteiger partial charge in [0.2, 0.25) is 0 Å². The van der Waals surface area contributed by atoms with Gasteiger partial charge in [-0.3, -0.25) is 4.79 Å². The van der Waals surface area contributed by atoms with E-state index in [-0.39, 0.29) is 11.9 Å². The molecule has 6 heteroatoms. The molecule has 2 saturated heterocycles. The Morgan fingerprint density at radius 2 is 1.91 bits per heavy atom. The van der Waals surface area contributed by atoms with E-state index in [0.29, 0.717) is 17.6 Å². The lowest BCUT2D eigenvalue weighted by molar-refractivity contribution is 0.0924. The molecule has 5 nitrogen and oxygen atoms in total. The van der Waals surface area contributed by atoms with Crippen LogP contribution in [-0.4, -0.2) is 33.8 Å². The van der Waals surface area contributed by atoms with Crippen LogP contribution in [0, 0.1) is 0 Å². The first-order chi connectivity index (χ1) is 11.2. The Morgan fingerprint density at radius 1 is 1.22 bits per heavy atom. The van der Waals surface area contributed by atoms with Crippen molar-refractivity contribution in [2.75, 3.05) is 0 Å². The molecule has 2 aromatic rings. The summed E-state index contributed by atoms with van der Waals surface area (Å²) < 4.78 is 2.75. The van der Waals surface area contributed by atoms with E-state index in [4.69, 9.17) is 0 Å². The normalized spacial score (nSPS) is 26.2. The molecule has 120 valence electrons. The third kappa shape index (κ3) is 3.19. The Kier molecular flexibility index (Phi) is 3.95. The molecule has 2 aliphatic rings. The van der Waals surface area contributed by atoms with Crippen LogP contribution in [0.2, 0.25) is 0 Å². The second kappa shape index (κ2) is 6.09. The summed E-state index contributed by atoms with van der Waals surface area (Å²) in [5.74, 6) is -0.0281. The van der Waals surface area contributed by atoms with Crippen LogP contribution in [0.1, 0.15) is 36.0 Å². The number of piperidine rings is 1. The molecular weight excluding hydrogens is 356 g/mol. The van der Waals surface area contributed by atoms with E-state index in [9.17, 15) is 4.79 Å². The van der Waals surface area contributed by atoms with Crippen molar-refractivity contribution in [3.8, 4) is 5.69 Å². The molecule has 2 bridgehead atoms. The van der Waals surface area contributed by atoms with Crippen molar-refractivity contribution < 1.29 is 4.79 Å². The summed E-state index contributed by atoms with van der Waals surface area (Å²) >= 11 is 3.42. The molecular formula is C17H19BrN4O. The number of hydrogen-bond donors (Lipinski definition) is 2. The van der Waals surface area contributed by atoms with Crippen molar-refractivity contribution in [1.29, 1.82) is 0 Å². The molecule has 2 aliphatic heterocycles. The average molecular weight is 375 g/mol. The molecule has 0 radical (unpaired) electrons. The van der Waals surface area contributed by atoms with E-state index in [1.54, 1.807) is 17.1 Å². The Hall–Kier alpha value is -1.66. The molecule has 0 spiro atoms. The highest BCUT2D eigenvalue weighted by atomic mass is 79.9. The largest absolute Gasteiger partial charge is 0.349 e. The Morgan fingerprint density at radius 3 is 2.61 bits per heavy atom. The fourth-order valence-electron chi connectivity index (χ4n) is 3.62. The van der Waals surface area contributed by atoms with Crippen molar-refractivity contribution in [3.05, 3.63) is 46.7 Å². The van der Waals surface area contributed by atoms with Gasteiger partial charge in [-0.1, -0.05) is 15.9 Å². The zero-order valence-electron chi connectivity index (χ0n) is 12.7. The van der Waals surface area contributed by atoms with Crippen LogP contribution in [0.3, 0.4) is 0 Å². The molecule has 2 fully saturated rings. The Bertz CT molecular complexity index is 700. The number of carbonyl (C=O) groups excluding carboxylic acids is 1. The second-order valence-electron chi connectivity index (χ2n) is 6.43. The number of rotatable bonds is 3. The van der Waals surface area contributed by atoms with Crippen molar-refractivity contribution >= 4 is 21.8 Å². The first-order valence-corrected chi connectivity index (χ1v) is 8.84. The molecule has 2 atom stereocenters. The van der Waals surface area contributed by atoms with Gasteiger partial charge in [0.05, 0.1) is 17.4 Å². The van der Waals surface area contributed by atoms with Crippen LogP contribution in [0.25, 0.3) is 5.69 Å². The summed E-state index contributed by atoms with van der Waals surface area (Å²) in [5, 5.41) is 11.1. The first-order valence-electron chi connectivity index (χ1n) is 8.05. The minimum absolute atomic E-state index is 0.0281. The lowest BCUT2D eigenvalue weighted by Crippen LogP contribution is -2.47. The van der Waals surface area contributed by atoms with Gasteiger partial charge in [-0.2, -0.15) is 5.10 Å². The molecule has 1 aromatic carbocycles. The van der Waals surface area contributed by atoms with Gasteiger partial charge in [-0.05, 0) is 49.9 Å². The van der Waals surface area contributed by atoms with Crippen molar-refractivity contribution in [3.63, 3.8) is 0 Å². The maximum absolute atomic E-state index is 12.5. The van der Waals surface area contributed by atoms with Crippen LogP contribution in [0.4, 0.5) is 0 Å². The monoisotopic (exact) mass is 374 g/mol. The van der Waals surface area contributed by atoms with E-state index in [1.165, 1.54) is 12.8 Å². The minimum atomic E-state index is -0.0281. The number of aromatic nitrogens is 2. The van der Waals surface area contributed by atoms with E-state index in [1.807, 2.05) is 24.3 Å². The minimum Gasteiger partial charge on any atom is -0.349 e. The quantitative estimate of drug-likeness (QED) is 0.867. The van der Waals surface area contributed by atoms with Crippen molar-refractivity contribution in [2.45, 2.75) is 43.8 Å². The van der Waals surface area contributed by atoms with Gasteiger partial charge in [0.25, 0.3) is 5.91 Å². The number of nitrogens with zero attached hydrogens (tertiary/aromatic N) is 2. The zero-order chi connectivity index (χ0) is 15.8. The summed E-state index contributed by atoms with van der Waals surface area (Å²) in [6.45, 7) is 0. The zero-order valence-corrected chi connectivity index (χ0v) is 14.3. The third-order valence-electron chi connectivity index (χ3n) is 4.74. The SMILES string of the molecule is O=C(NC1CC2CCC(C1)N2)c1cnn(-c2ccc(Br)cc2)c1. The Balaban J connectivity index is 1.44. The van der Waals surface area contributed by atoms with Crippen molar-refractivity contribution in [1.82, 2.24) is 20.4 Å². The molecule has 1 amide bonds. The summed E-state index contributed by atoms with van der Waals surface area (Å²) in [5.41, 5.74) is 1.55. The molecule has 2 N–H and O–H groups in total. The molecule has 3 heterocycles. The van der Waals surface area contributed by atoms with Gasteiger partial charge < -0.3 is 10.6 Å². The maximum atomic E-state index is 12.5.